The van der Waals surface area contributed by atoms with Gasteiger partial charge in [0.25, 0.3) is 0 Å². The molecule has 0 amide bonds. The minimum absolute atomic E-state index is 0.147. The summed E-state index contributed by atoms with van der Waals surface area (Å²) in [6.07, 6.45) is 2.35. The molecule has 2 heterocycles. The van der Waals surface area contributed by atoms with Crippen molar-refractivity contribution in [2.24, 2.45) is 0 Å². The minimum atomic E-state index is 0.147. The molecule has 0 saturated heterocycles. The summed E-state index contributed by atoms with van der Waals surface area (Å²) in [7, 11) is 1.56. The lowest BCUT2D eigenvalue weighted by Crippen LogP contribution is -2.14. The zero-order chi connectivity index (χ0) is 13.9. The van der Waals surface area contributed by atoms with Crippen LogP contribution < -0.4 is 4.84 Å². The molecule has 0 aliphatic rings. The predicted molar refractivity (Wildman–Crippen MR) is 72.7 cm³/mol. The Kier molecular flexibility index (Phi) is 3.48. The van der Waals surface area contributed by atoms with Crippen molar-refractivity contribution in [3.8, 4) is 0 Å². The average Bonchev–Trinajstić information content (AvgIpc) is 3.03. The maximum atomic E-state index is 5.31. The number of hydrogen-bond acceptors (Lipinski definition) is 6. The van der Waals surface area contributed by atoms with Gasteiger partial charge >= 0.3 is 4.84 Å². The summed E-state index contributed by atoms with van der Waals surface area (Å²) in [5.74, 6) is 0.692. The lowest BCUT2D eigenvalue weighted by molar-refractivity contribution is -0.0464. The molecule has 0 bridgehead atoms. The Hall–Kier alpha value is -2.19. The molecule has 20 heavy (non-hydrogen) atoms. The standard InChI is InChI=1S/C12H12N4O3S/c1-17-7-18-16-10-3-2-8(4-9(10)6-13-16)5-11-14-12(20)19-15-11/h2-4,6H,5,7H2,1H3,(H,14,15,20). The van der Waals surface area contributed by atoms with Crippen molar-refractivity contribution < 1.29 is 14.1 Å². The topological polar surface area (TPSA) is 78.1 Å². The number of nitrogens with one attached hydrogen (secondary N) is 1. The molecule has 104 valence electrons. The van der Waals surface area contributed by atoms with Crippen LogP contribution in [0.5, 0.6) is 0 Å². The Morgan fingerprint density at radius 2 is 2.35 bits per heavy atom. The van der Waals surface area contributed by atoms with Crippen LogP contribution in [0.2, 0.25) is 0 Å². The van der Waals surface area contributed by atoms with Gasteiger partial charge in [0.2, 0.25) is 6.79 Å². The fourth-order valence-corrected chi connectivity index (χ4v) is 2.05. The SMILES string of the molecule is COCOn1ncc2cc(Cc3nc(=S)o[nH]3)ccc21. The zero-order valence-corrected chi connectivity index (χ0v) is 11.5. The molecule has 3 rings (SSSR count). The van der Waals surface area contributed by atoms with Crippen LogP contribution in [0.4, 0.5) is 0 Å². The maximum absolute atomic E-state index is 5.31. The second kappa shape index (κ2) is 5.43. The van der Waals surface area contributed by atoms with E-state index in [4.69, 9.17) is 26.3 Å². The lowest BCUT2D eigenvalue weighted by Gasteiger charge is -2.04. The molecule has 1 N–H and O–H groups in total. The van der Waals surface area contributed by atoms with E-state index in [1.54, 1.807) is 13.3 Å². The smallest absolute Gasteiger partial charge is 0.314 e. The summed E-state index contributed by atoms with van der Waals surface area (Å²) in [5, 5.41) is 7.80. The number of benzene rings is 1. The van der Waals surface area contributed by atoms with Crippen molar-refractivity contribution >= 4 is 23.1 Å². The van der Waals surface area contributed by atoms with E-state index in [1.165, 1.54) is 4.85 Å². The van der Waals surface area contributed by atoms with Crippen molar-refractivity contribution in [2.45, 2.75) is 6.42 Å². The highest BCUT2D eigenvalue weighted by molar-refractivity contribution is 7.71. The van der Waals surface area contributed by atoms with Crippen molar-refractivity contribution in [1.29, 1.82) is 0 Å². The van der Waals surface area contributed by atoms with Gasteiger partial charge in [-0.25, -0.2) is 5.16 Å². The van der Waals surface area contributed by atoms with Crippen LogP contribution in [-0.4, -0.2) is 34.0 Å². The molecule has 0 aliphatic carbocycles. The van der Waals surface area contributed by atoms with E-state index in [1.807, 2.05) is 18.2 Å². The second-order valence-corrected chi connectivity index (χ2v) is 4.50. The van der Waals surface area contributed by atoms with Gasteiger partial charge in [-0.1, -0.05) is 10.9 Å². The fourth-order valence-electron chi connectivity index (χ4n) is 1.90. The van der Waals surface area contributed by atoms with E-state index in [2.05, 4.69) is 15.2 Å². The summed E-state index contributed by atoms with van der Waals surface area (Å²) < 4.78 is 9.75. The Balaban J connectivity index is 1.85. The van der Waals surface area contributed by atoms with Crippen molar-refractivity contribution in [3.63, 3.8) is 0 Å². The first kappa shape index (κ1) is 12.8. The van der Waals surface area contributed by atoms with Gasteiger partial charge in [-0.2, -0.15) is 4.98 Å². The van der Waals surface area contributed by atoms with Gasteiger partial charge in [-0.15, -0.1) is 5.10 Å². The molecule has 0 spiro atoms. The van der Waals surface area contributed by atoms with Gasteiger partial charge in [0.05, 0.1) is 6.20 Å². The van der Waals surface area contributed by atoms with Gasteiger partial charge < -0.3 is 14.1 Å². The van der Waals surface area contributed by atoms with E-state index in [-0.39, 0.29) is 11.6 Å². The normalized spacial score (nSPS) is 11.1. The second-order valence-electron chi connectivity index (χ2n) is 4.15. The van der Waals surface area contributed by atoms with Gasteiger partial charge in [0.15, 0.2) is 0 Å². The summed E-state index contributed by atoms with van der Waals surface area (Å²) >= 11 is 4.82. The third kappa shape index (κ3) is 2.56. The van der Waals surface area contributed by atoms with Gasteiger partial charge in [-0.3, -0.25) is 0 Å². The van der Waals surface area contributed by atoms with E-state index in [0.717, 1.165) is 16.5 Å². The number of ether oxygens (including phenoxy) is 1. The average molecular weight is 292 g/mol. The number of methoxy groups -OCH3 is 1. The molecule has 0 saturated carbocycles. The number of rotatable bonds is 5. The highest BCUT2D eigenvalue weighted by Gasteiger charge is 2.06. The first-order valence-electron chi connectivity index (χ1n) is 5.89. The van der Waals surface area contributed by atoms with Crippen molar-refractivity contribution in [3.05, 3.63) is 40.6 Å². The Morgan fingerprint density at radius 1 is 1.45 bits per heavy atom. The number of nitrogens with zero attached hydrogens (tertiary/aromatic N) is 3. The van der Waals surface area contributed by atoms with E-state index in [0.29, 0.717) is 12.2 Å². The van der Waals surface area contributed by atoms with E-state index >= 15 is 0 Å². The van der Waals surface area contributed by atoms with Crippen molar-refractivity contribution in [1.82, 2.24) is 20.1 Å². The Morgan fingerprint density at radius 3 is 3.10 bits per heavy atom. The largest absolute Gasteiger partial charge is 0.367 e. The quantitative estimate of drug-likeness (QED) is 0.569. The molecule has 0 atom stereocenters. The lowest BCUT2D eigenvalue weighted by atomic mass is 10.1. The van der Waals surface area contributed by atoms with Crippen LogP contribution in [0, 0.1) is 4.84 Å². The molecule has 0 unspecified atom stereocenters. The number of aromatic nitrogens is 4. The van der Waals surface area contributed by atoms with Crippen LogP contribution in [0.1, 0.15) is 11.4 Å². The molecule has 0 aliphatic heterocycles. The molecule has 3 aromatic rings. The Bertz CT molecular complexity index is 776. The molecule has 0 radical (unpaired) electrons. The highest BCUT2D eigenvalue weighted by atomic mass is 32.1. The molecule has 2 aromatic heterocycles. The van der Waals surface area contributed by atoms with Crippen LogP contribution in [0.15, 0.2) is 28.9 Å². The maximum Gasteiger partial charge on any atom is 0.314 e. The first-order chi connectivity index (χ1) is 9.76. The predicted octanol–water partition coefficient (Wildman–Crippen LogP) is 1.71. The van der Waals surface area contributed by atoms with Crippen LogP contribution in [-0.2, 0) is 11.2 Å². The third-order valence-electron chi connectivity index (χ3n) is 2.75. The van der Waals surface area contributed by atoms with Gasteiger partial charge in [0.1, 0.15) is 11.3 Å². The fraction of sp³-hybridized carbons (Fsp3) is 0.250. The molecule has 7 nitrogen and oxygen atoms in total. The van der Waals surface area contributed by atoms with Crippen molar-refractivity contribution in [2.75, 3.05) is 13.9 Å². The molecule has 8 heteroatoms. The minimum Gasteiger partial charge on any atom is -0.367 e. The monoisotopic (exact) mass is 292 g/mol. The third-order valence-corrected chi connectivity index (χ3v) is 2.92. The first-order valence-corrected chi connectivity index (χ1v) is 6.30. The summed E-state index contributed by atoms with van der Waals surface area (Å²) in [4.78, 5) is 11.0. The van der Waals surface area contributed by atoms with Gasteiger partial charge in [-0.05, 0) is 29.9 Å². The highest BCUT2D eigenvalue weighted by Crippen LogP contribution is 2.16. The zero-order valence-electron chi connectivity index (χ0n) is 10.7. The number of H-pyrrole nitrogens is 1. The molecule has 1 aromatic carbocycles. The summed E-state index contributed by atoms with van der Waals surface area (Å²) in [6.45, 7) is 0.147. The van der Waals surface area contributed by atoms with Crippen LogP contribution >= 0.6 is 12.2 Å². The van der Waals surface area contributed by atoms with E-state index < -0.39 is 0 Å². The van der Waals surface area contributed by atoms with Crippen LogP contribution in [0.3, 0.4) is 0 Å². The molecular formula is C12H12N4O3S. The summed E-state index contributed by atoms with van der Waals surface area (Å²) in [6, 6.07) is 5.92. The van der Waals surface area contributed by atoms with Gasteiger partial charge in [0, 0.05) is 18.9 Å². The number of hydrogen-bond donors (Lipinski definition) is 1. The van der Waals surface area contributed by atoms with Crippen LogP contribution in [0.25, 0.3) is 10.9 Å². The summed E-state index contributed by atoms with van der Waals surface area (Å²) in [5.41, 5.74) is 1.95. The van der Waals surface area contributed by atoms with E-state index in [9.17, 15) is 0 Å². The molecular weight excluding hydrogens is 280 g/mol. The number of aromatic amines is 1. The Labute approximate surface area is 119 Å². The number of fused-ring (bicyclic) bond motifs is 1. The molecule has 0 fully saturated rings.